The quantitative estimate of drug-likeness (QED) is 0.711. The van der Waals surface area contributed by atoms with Crippen molar-refractivity contribution in [1.29, 1.82) is 0 Å². The molecule has 2 amide bonds. The molecule has 0 spiro atoms. The number of carbonyl (C=O) groups is 2. The Bertz CT molecular complexity index is 268. The third kappa shape index (κ3) is 3.20. The minimum absolute atomic E-state index is 0.0234. The summed E-state index contributed by atoms with van der Waals surface area (Å²) in [5.74, 6) is -0.0923. The zero-order chi connectivity index (χ0) is 12.1. The average Bonchev–Trinajstić information content (AvgIpc) is 2.25. The summed E-state index contributed by atoms with van der Waals surface area (Å²) >= 11 is 0. The minimum Gasteiger partial charge on any atom is -0.391 e. The van der Waals surface area contributed by atoms with E-state index in [2.05, 4.69) is 0 Å². The van der Waals surface area contributed by atoms with Crippen molar-refractivity contribution in [3.8, 4) is 0 Å². The maximum atomic E-state index is 11.7. The monoisotopic (exact) mass is 228 g/mol. The lowest BCUT2D eigenvalue weighted by Crippen LogP contribution is -2.55. The summed E-state index contributed by atoms with van der Waals surface area (Å²) in [4.78, 5) is 26.4. The molecule has 1 saturated heterocycles. The highest BCUT2D eigenvalue weighted by Gasteiger charge is 2.29. The molecule has 1 unspecified atom stereocenters. The molecule has 1 aliphatic heterocycles. The summed E-state index contributed by atoms with van der Waals surface area (Å²) in [6.07, 6.45) is 0.919. The number of β-amino-alcohol motifs (C(OH)–C–C–N with tert-alkyl or cyclic N) is 1. The summed E-state index contributed by atoms with van der Waals surface area (Å²) in [6.45, 7) is 4.99. The Hall–Kier alpha value is -1.10. The van der Waals surface area contributed by atoms with Gasteiger partial charge >= 0.3 is 0 Å². The second-order valence-electron chi connectivity index (χ2n) is 4.15. The fraction of sp³-hybridized carbons (Fsp3) is 0.818. The van der Waals surface area contributed by atoms with Gasteiger partial charge < -0.3 is 14.9 Å². The van der Waals surface area contributed by atoms with Gasteiger partial charge in [0.05, 0.1) is 19.2 Å². The van der Waals surface area contributed by atoms with Gasteiger partial charge in [0.25, 0.3) is 0 Å². The molecule has 1 fully saturated rings. The van der Waals surface area contributed by atoms with Gasteiger partial charge in [-0.2, -0.15) is 0 Å². The van der Waals surface area contributed by atoms with Crippen LogP contribution in [0.5, 0.6) is 0 Å². The van der Waals surface area contributed by atoms with Crippen LogP contribution in [0.25, 0.3) is 0 Å². The predicted octanol–water partition coefficient (Wildman–Crippen LogP) is -0.162. The maximum Gasteiger partial charge on any atom is 0.242 e. The molecule has 1 rings (SSSR count). The lowest BCUT2D eigenvalue weighted by atomic mass is 10.2. The van der Waals surface area contributed by atoms with Crippen LogP contribution >= 0.6 is 0 Å². The van der Waals surface area contributed by atoms with E-state index >= 15 is 0 Å². The van der Waals surface area contributed by atoms with E-state index in [-0.39, 0.29) is 31.4 Å². The molecule has 92 valence electrons. The predicted molar refractivity (Wildman–Crippen MR) is 59.7 cm³/mol. The molecule has 0 radical (unpaired) electrons. The largest absolute Gasteiger partial charge is 0.391 e. The number of piperazine rings is 1. The van der Waals surface area contributed by atoms with E-state index in [4.69, 9.17) is 0 Å². The van der Waals surface area contributed by atoms with Crippen molar-refractivity contribution in [1.82, 2.24) is 9.80 Å². The van der Waals surface area contributed by atoms with Gasteiger partial charge in [-0.15, -0.1) is 0 Å². The first-order valence-corrected chi connectivity index (χ1v) is 5.82. The number of rotatable bonds is 5. The fourth-order valence-corrected chi connectivity index (χ4v) is 1.73. The second-order valence-corrected chi connectivity index (χ2v) is 4.15. The number of hydrogen-bond donors (Lipinski definition) is 1. The van der Waals surface area contributed by atoms with Crippen LogP contribution in [0.3, 0.4) is 0 Å². The first-order valence-electron chi connectivity index (χ1n) is 5.82. The highest BCUT2D eigenvalue weighted by atomic mass is 16.3. The van der Waals surface area contributed by atoms with Gasteiger partial charge in [-0.25, -0.2) is 0 Å². The van der Waals surface area contributed by atoms with Crippen LogP contribution in [0.15, 0.2) is 0 Å². The second kappa shape index (κ2) is 5.84. The summed E-state index contributed by atoms with van der Waals surface area (Å²) in [6, 6.07) is 0. The molecule has 0 aromatic heterocycles. The number of carbonyl (C=O) groups excluding carboxylic acids is 2. The SMILES string of the molecule is CCCN1CC(=O)N(CC(O)CC)CC1=O. The minimum atomic E-state index is -0.533. The van der Waals surface area contributed by atoms with Crippen molar-refractivity contribution in [2.75, 3.05) is 26.2 Å². The Kier molecular flexibility index (Phi) is 4.73. The van der Waals surface area contributed by atoms with E-state index < -0.39 is 6.10 Å². The summed E-state index contributed by atoms with van der Waals surface area (Å²) in [5.41, 5.74) is 0. The van der Waals surface area contributed by atoms with Gasteiger partial charge in [0.15, 0.2) is 0 Å². The topological polar surface area (TPSA) is 60.9 Å². The standard InChI is InChI=1S/C11H20N2O3/c1-3-5-12-7-11(16)13(8-10(12)15)6-9(14)4-2/h9,14H,3-8H2,1-2H3. The van der Waals surface area contributed by atoms with Crippen molar-refractivity contribution in [2.45, 2.75) is 32.8 Å². The van der Waals surface area contributed by atoms with E-state index in [1.165, 1.54) is 4.90 Å². The molecule has 5 heteroatoms. The van der Waals surface area contributed by atoms with E-state index in [1.807, 2.05) is 13.8 Å². The molecule has 1 aliphatic rings. The molecule has 0 aliphatic carbocycles. The van der Waals surface area contributed by atoms with Crippen molar-refractivity contribution in [2.24, 2.45) is 0 Å². The van der Waals surface area contributed by atoms with Crippen LogP contribution in [0.4, 0.5) is 0 Å². The summed E-state index contributed by atoms with van der Waals surface area (Å²) in [5, 5.41) is 9.46. The highest BCUT2D eigenvalue weighted by Crippen LogP contribution is 2.07. The highest BCUT2D eigenvalue weighted by molar-refractivity contribution is 5.92. The van der Waals surface area contributed by atoms with Crippen LogP contribution in [-0.2, 0) is 9.59 Å². The average molecular weight is 228 g/mol. The normalized spacial score (nSPS) is 19.2. The van der Waals surface area contributed by atoms with Gasteiger partial charge in [0.2, 0.25) is 11.8 Å². The van der Waals surface area contributed by atoms with Crippen LogP contribution in [0.2, 0.25) is 0 Å². The third-order valence-electron chi connectivity index (χ3n) is 2.75. The van der Waals surface area contributed by atoms with Crippen molar-refractivity contribution in [3.05, 3.63) is 0 Å². The first kappa shape index (κ1) is 13.0. The Morgan fingerprint density at radius 2 is 1.75 bits per heavy atom. The molecule has 0 aromatic rings. The molecule has 1 N–H and O–H groups in total. The van der Waals surface area contributed by atoms with E-state index in [0.29, 0.717) is 13.0 Å². The van der Waals surface area contributed by atoms with Gasteiger partial charge in [-0.1, -0.05) is 13.8 Å². The smallest absolute Gasteiger partial charge is 0.242 e. The lowest BCUT2D eigenvalue weighted by Gasteiger charge is -2.34. The maximum absolute atomic E-state index is 11.7. The van der Waals surface area contributed by atoms with E-state index in [1.54, 1.807) is 4.90 Å². The zero-order valence-electron chi connectivity index (χ0n) is 9.98. The van der Waals surface area contributed by atoms with Crippen LogP contribution in [0, 0.1) is 0 Å². The molecule has 1 heterocycles. The summed E-state index contributed by atoms with van der Waals surface area (Å²) < 4.78 is 0. The molecule has 5 nitrogen and oxygen atoms in total. The van der Waals surface area contributed by atoms with Crippen molar-refractivity contribution < 1.29 is 14.7 Å². The van der Waals surface area contributed by atoms with Crippen LogP contribution < -0.4 is 0 Å². The molecular weight excluding hydrogens is 208 g/mol. The van der Waals surface area contributed by atoms with Gasteiger partial charge in [0.1, 0.15) is 0 Å². The molecule has 0 aromatic carbocycles. The Morgan fingerprint density at radius 1 is 1.19 bits per heavy atom. The van der Waals surface area contributed by atoms with Crippen molar-refractivity contribution >= 4 is 11.8 Å². The Balaban J connectivity index is 2.53. The zero-order valence-corrected chi connectivity index (χ0v) is 9.98. The van der Waals surface area contributed by atoms with Gasteiger partial charge in [0, 0.05) is 13.1 Å². The molecule has 1 atom stereocenters. The summed E-state index contributed by atoms with van der Waals surface area (Å²) in [7, 11) is 0. The molecule has 16 heavy (non-hydrogen) atoms. The molecular formula is C11H20N2O3. The number of aliphatic hydroxyl groups is 1. The van der Waals surface area contributed by atoms with Gasteiger partial charge in [-0.05, 0) is 12.8 Å². The number of hydrogen-bond acceptors (Lipinski definition) is 3. The van der Waals surface area contributed by atoms with Crippen molar-refractivity contribution in [3.63, 3.8) is 0 Å². The van der Waals surface area contributed by atoms with Crippen LogP contribution in [0.1, 0.15) is 26.7 Å². The fourth-order valence-electron chi connectivity index (χ4n) is 1.73. The Morgan fingerprint density at radius 3 is 2.31 bits per heavy atom. The number of amides is 2. The molecule has 0 saturated carbocycles. The Labute approximate surface area is 96.0 Å². The van der Waals surface area contributed by atoms with Crippen LogP contribution in [-0.4, -0.2) is 59.0 Å². The number of aliphatic hydroxyl groups excluding tert-OH is 1. The van der Waals surface area contributed by atoms with E-state index in [9.17, 15) is 14.7 Å². The number of nitrogens with zero attached hydrogens (tertiary/aromatic N) is 2. The van der Waals surface area contributed by atoms with E-state index in [0.717, 1.165) is 6.42 Å². The lowest BCUT2D eigenvalue weighted by molar-refractivity contribution is -0.151. The molecule has 0 bridgehead atoms. The first-order chi connectivity index (χ1) is 7.58. The third-order valence-corrected chi connectivity index (χ3v) is 2.75. The van der Waals surface area contributed by atoms with Gasteiger partial charge in [-0.3, -0.25) is 9.59 Å².